The van der Waals surface area contributed by atoms with Crippen LogP contribution in [-0.4, -0.2) is 68.1 Å². The van der Waals surface area contributed by atoms with Crippen molar-refractivity contribution in [3.8, 4) is 0 Å². The van der Waals surface area contributed by atoms with Crippen LogP contribution in [0, 0.1) is 0 Å². The van der Waals surface area contributed by atoms with E-state index in [0.29, 0.717) is 12.3 Å². The second-order valence-electron chi connectivity index (χ2n) is 4.41. The molecule has 14 heavy (non-hydrogen) atoms. The van der Waals surface area contributed by atoms with Gasteiger partial charge in [0.05, 0.1) is 19.3 Å². The number of hydrogen-bond acceptors (Lipinski definition) is 4. The average Bonchev–Trinajstić information content (AvgIpc) is 2.89. The van der Waals surface area contributed by atoms with Crippen molar-refractivity contribution in [2.24, 2.45) is 0 Å². The molecule has 4 heteroatoms. The first-order valence-corrected chi connectivity index (χ1v) is 5.61. The molecule has 3 aliphatic rings. The van der Waals surface area contributed by atoms with Gasteiger partial charge in [0.15, 0.2) is 0 Å². The highest BCUT2D eigenvalue weighted by molar-refractivity contribution is 4.81. The third-order valence-electron chi connectivity index (χ3n) is 3.35. The third-order valence-corrected chi connectivity index (χ3v) is 3.35. The normalized spacial score (nSPS) is 39.4. The van der Waals surface area contributed by atoms with Crippen molar-refractivity contribution < 1.29 is 9.47 Å². The number of piperazine rings is 1. The molecule has 3 aliphatic heterocycles. The van der Waals surface area contributed by atoms with Crippen LogP contribution in [0.4, 0.5) is 0 Å². The number of rotatable bonds is 3. The first kappa shape index (κ1) is 9.09. The fourth-order valence-corrected chi connectivity index (χ4v) is 2.21. The minimum Gasteiger partial charge on any atom is -0.372 e. The Bertz CT molecular complexity index is 196. The van der Waals surface area contributed by atoms with Gasteiger partial charge in [-0.25, -0.2) is 0 Å². The van der Waals surface area contributed by atoms with Gasteiger partial charge in [0, 0.05) is 39.1 Å². The molecule has 3 saturated heterocycles. The van der Waals surface area contributed by atoms with Gasteiger partial charge in [-0.1, -0.05) is 0 Å². The van der Waals surface area contributed by atoms with E-state index >= 15 is 0 Å². The van der Waals surface area contributed by atoms with Crippen molar-refractivity contribution in [2.75, 3.05) is 45.9 Å². The van der Waals surface area contributed by atoms with Gasteiger partial charge in [-0.2, -0.15) is 0 Å². The Morgan fingerprint density at radius 2 is 1.79 bits per heavy atom. The Labute approximate surface area is 84.8 Å². The molecule has 0 N–H and O–H groups in total. The zero-order chi connectivity index (χ0) is 9.38. The Hall–Kier alpha value is -0.160. The van der Waals surface area contributed by atoms with Crippen molar-refractivity contribution in [1.82, 2.24) is 9.80 Å². The van der Waals surface area contributed by atoms with E-state index in [1.54, 1.807) is 0 Å². The summed E-state index contributed by atoms with van der Waals surface area (Å²) in [4.78, 5) is 4.97. The summed E-state index contributed by atoms with van der Waals surface area (Å²) in [7, 11) is 0. The van der Waals surface area contributed by atoms with Gasteiger partial charge < -0.3 is 9.47 Å². The standard InChI is InChI=1S/C10H18N2O2/c1-6-13-10(1)12-4-2-11(3-5-12)7-9-8-14-9/h9-10H,1-8H2. The molecular weight excluding hydrogens is 180 g/mol. The van der Waals surface area contributed by atoms with Gasteiger partial charge in [0.2, 0.25) is 0 Å². The molecule has 0 spiro atoms. The van der Waals surface area contributed by atoms with Crippen LogP contribution in [0.25, 0.3) is 0 Å². The molecule has 4 nitrogen and oxygen atoms in total. The first-order valence-electron chi connectivity index (χ1n) is 5.61. The highest BCUT2D eigenvalue weighted by Crippen LogP contribution is 2.19. The van der Waals surface area contributed by atoms with Gasteiger partial charge in [0.25, 0.3) is 0 Å². The molecule has 3 rings (SSSR count). The Morgan fingerprint density at radius 3 is 2.29 bits per heavy atom. The Morgan fingerprint density at radius 1 is 1.07 bits per heavy atom. The predicted molar refractivity (Wildman–Crippen MR) is 52.1 cm³/mol. The summed E-state index contributed by atoms with van der Waals surface area (Å²) < 4.78 is 10.7. The van der Waals surface area contributed by atoms with E-state index < -0.39 is 0 Å². The largest absolute Gasteiger partial charge is 0.372 e. The minimum absolute atomic E-state index is 0.439. The number of ether oxygens (including phenoxy) is 2. The molecule has 2 atom stereocenters. The maximum Gasteiger partial charge on any atom is 0.112 e. The average molecular weight is 198 g/mol. The maximum absolute atomic E-state index is 5.48. The van der Waals surface area contributed by atoms with Crippen LogP contribution in [0.1, 0.15) is 6.42 Å². The fourth-order valence-electron chi connectivity index (χ4n) is 2.21. The van der Waals surface area contributed by atoms with Gasteiger partial charge in [0.1, 0.15) is 6.23 Å². The molecular formula is C10H18N2O2. The van der Waals surface area contributed by atoms with E-state index in [0.717, 1.165) is 32.8 Å². The molecule has 0 aromatic rings. The number of epoxide rings is 1. The van der Waals surface area contributed by atoms with Crippen molar-refractivity contribution in [2.45, 2.75) is 18.8 Å². The summed E-state index contributed by atoms with van der Waals surface area (Å²) >= 11 is 0. The lowest BCUT2D eigenvalue weighted by Crippen LogP contribution is -2.54. The summed E-state index contributed by atoms with van der Waals surface area (Å²) in [5, 5.41) is 0. The van der Waals surface area contributed by atoms with E-state index in [9.17, 15) is 0 Å². The summed E-state index contributed by atoms with van der Waals surface area (Å²) in [5.74, 6) is 0. The van der Waals surface area contributed by atoms with E-state index in [4.69, 9.17) is 9.47 Å². The fraction of sp³-hybridized carbons (Fsp3) is 1.00. The van der Waals surface area contributed by atoms with Crippen LogP contribution in [0.15, 0.2) is 0 Å². The minimum atomic E-state index is 0.439. The number of hydrogen-bond donors (Lipinski definition) is 0. The quantitative estimate of drug-likeness (QED) is 0.585. The molecule has 0 amide bonds. The second-order valence-corrected chi connectivity index (χ2v) is 4.41. The van der Waals surface area contributed by atoms with E-state index in [1.165, 1.54) is 19.5 Å². The molecule has 2 unspecified atom stereocenters. The summed E-state index contributed by atoms with van der Waals surface area (Å²) in [6, 6.07) is 0. The lowest BCUT2D eigenvalue weighted by Gasteiger charge is -2.42. The third kappa shape index (κ3) is 1.93. The van der Waals surface area contributed by atoms with Crippen LogP contribution in [0.2, 0.25) is 0 Å². The highest BCUT2D eigenvalue weighted by atomic mass is 16.6. The van der Waals surface area contributed by atoms with Crippen LogP contribution < -0.4 is 0 Å². The summed E-state index contributed by atoms with van der Waals surface area (Å²) in [6.45, 7) is 7.76. The maximum atomic E-state index is 5.48. The van der Waals surface area contributed by atoms with Crippen LogP contribution in [0.5, 0.6) is 0 Å². The monoisotopic (exact) mass is 198 g/mol. The topological polar surface area (TPSA) is 28.2 Å². The first-order chi connectivity index (χ1) is 6.92. The SMILES string of the molecule is C1CC(N2CCN(CC3CO3)CC2)O1. The van der Waals surface area contributed by atoms with Crippen molar-refractivity contribution >= 4 is 0 Å². The molecule has 0 aromatic heterocycles. The molecule has 80 valence electrons. The highest BCUT2D eigenvalue weighted by Gasteiger charge is 2.31. The predicted octanol–water partition coefficient (Wildman–Crippen LogP) is -0.251. The van der Waals surface area contributed by atoms with Crippen molar-refractivity contribution in [1.29, 1.82) is 0 Å². The Kier molecular flexibility index (Phi) is 2.45. The Balaban J connectivity index is 1.41. The smallest absolute Gasteiger partial charge is 0.112 e. The lowest BCUT2D eigenvalue weighted by molar-refractivity contribution is -0.153. The second kappa shape index (κ2) is 3.77. The van der Waals surface area contributed by atoms with E-state index in [2.05, 4.69) is 9.80 Å². The van der Waals surface area contributed by atoms with Crippen molar-refractivity contribution in [3.63, 3.8) is 0 Å². The molecule has 0 bridgehead atoms. The molecule has 3 heterocycles. The lowest BCUT2D eigenvalue weighted by atomic mass is 10.2. The molecule has 3 fully saturated rings. The van der Waals surface area contributed by atoms with Gasteiger partial charge >= 0.3 is 0 Å². The van der Waals surface area contributed by atoms with E-state index in [-0.39, 0.29) is 0 Å². The molecule has 0 radical (unpaired) electrons. The molecule has 0 aliphatic carbocycles. The summed E-state index contributed by atoms with van der Waals surface area (Å²) in [5.41, 5.74) is 0. The van der Waals surface area contributed by atoms with Crippen LogP contribution >= 0.6 is 0 Å². The van der Waals surface area contributed by atoms with Crippen LogP contribution in [0.3, 0.4) is 0 Å². The van der Waals surface area contributed by atoms with Gasteiger partial charge in [-0.05, 0) is 0 Å². The molecule has 0 aromatic carbocycles. The number of nitrogens with zero attached hydrogens (tertiary/aromatic N) is 2. The zero-order valence-electron chi connectivity index (χ0n) is 8.52. The van der Waals surface area contributed by atoms with Gasteiger partial charge in [-0.3, -0.25) is 9.80 Å². The van der Waals surface area contributed by atoms with Crippen molar-refractivity contribution in [3.05, 3.63) is 0 Å². The van der Waals surface area contributed by atoms with Crippen LogP contribution in [-0.2, 0) is 9.47 Å². The zero-order valence-corrected chi connectivity index (χ0v) is 8.52. The van der Waals surface area contributed by atoms with Gasteiger partial charge in [-0.15, -0.1) is 0 Å². The molecule has 0 saturated carbocycles. The summed E-state index contributed by atoms with van der Waals surface area (Å²) in [6.07, 6.45) is 2.21. The van der Waals surface area contributed by atoms with E-state index in [1.807, 2.05) is 0 Å².